The van der Waals surface area contributed by atoms with E-state index in [0.29, 0.717) is 16.8 Å². The number of hydrogen-bond donors (Lipinski definition) is 1. The number of hydrogen-bond acceptors (Lipinski definition) is 5. The van der Waals surface area contributed by atoms with Gasteiger partial charge in [0.25, 0.3) is 11.8 Å². The maximum Gasteiger partial charge on any atom is 0.264 e. The normalized spacial score (nSPS) is 18.2. The summed E-state index contributed by atoms with van der Waals surface area (Å²) in [5.74, 6) is -1.96. The molecule has 0 bridgehead atoms. The van der Waals surface area contributed by atoms with Crippen molar-refractivity contribution in [3.05, 3.63) is 29.3 Å². The molecule has 1 saturated heterocycles. The van der Waals surface area contributed by atoms with Crippen molar-refractivity contribution in [2.75, 3.05) is 19.0 Å². The molecule has 0 spiro atoms. The molecule has 7 heteroatoms. The lowest BCUT2D eigenvalue weighted by Crippen LogP contribution is -2.54. The molecule has 4 amide bonds. The molecule has 0 aliphatic carbocycles. The topological polar surface area (TPSA) is 86.8 Å². The van der Waals surface area contributed by atoms with Crippen LogP contribution in [0.25, 0.3) is 0 Å². The van der Waals surface area contributed by atoms with Gasteiger partial charge in [-0.1, -0.05) is 33.8 Å². The number of carbonyl (C=O) groups excluding carboxylic acids is 4. The standard InChI is InChI=1S/C15H15N3O4.2C2H6/c1-17(2)9-5-3-4-8-12(9)15(22)18(14(8)21)10-6-7-11(19)16-13(10)20;2*1-2/h3-5,10H,6-7H2,1-2H3,(H,16,19,20);2*1-2H3. The van der Waals surface area contributed by atoms with Crippen molar-refractivity contribution in [1.82, 2.24) is 10.2 Å². The molecule has 2 heterocycles. The minimum Gasteiger partial charge on any atom is -0.377 e. The van der Waals surface area contributed by atoms with E-state index in [1.54, 1.807) is 37.2 Å². The average molecular weight is 361 g/mol. The Bertz CT molecular complexity index is 713. The number of nitrogens with one attached hydrogen (secondary N) is 1. The van der Waals surface area contributed by atoms with Gasteiger partial charge in [0, 0.05) is 26.2 Å². The Hall–Kier alpha value is -2.70. The fraction of sp³-hybridized carbons (Fsp3) is 0.474. The number of anilines is 1. The molecule has 0 aromatic heterocycles. The van der Waals surface area contributed by atoms with Crippen LogP contribution in [-0.4, -0.2) is 48.7 Å². The van der Waals surface area contributed by atoms with Crippen molar-refractivity contribution in [3.63, 3.8) is 0 Å². The van der Waals surface area contributed by atoms with Crippen LogP contribution in [0.3, 0.4) is 0 Å². The first-order chi connectivity index (χ1) is 12.4. The third-order valence-electron chi connectivity index (χ3n) is 3.93. The highest BCUT2D eigenvalue weighted by Crippen LogP contribution is 2.33. The molecule has 2 aliphatic rings. The Kier molecular flexibility index (Phi) is 7.49. The van der Waals surface area contributed by atoms with E-state index in [4.69, 9.17) is 0 Å². The van der Waals surface area contributed by atoms with E-state index in [1.165, 1.54) is 0 Å². The van der Waals surface area contributed by atoms with E-state index in [9.17, 15) is 19.2 Å². The third kappa shape index (κ3) is 3.76. The number of amides is 4. The second kappa shape index (κ2) is 9.12. The second-order valence-corrected chi connectivity index (χ2v) is 5.54. The van der Waals surface area contributed by atoms with Crippen LogP contribution in [-0.2, 0) is 9.59 Å². The Balaban J connectivity index is 0.000000791. The van der Waals surface area contributed by atoms with Crippen molar-refractivity contribution in [3.8, 4) is 0 Å². The second-order valence-electron chi connectivity index (χ2n) is 5.54. The fourth-order valence-electron chi connectivity index (χ4n) is 2.87. The first-order valence-corrected chi connectivity index (χ1v) is 8.93. The van der Waals surface area contributed by atoms with Gasteiger partial charge in [0.05, 0.1) is 11.1 Å². The lowest BCUT2D eigenvalue weighted by atomic mass is 10.0. The number of nitrogens with zero attached hydrogens (tertiary/aromatic N) is 2. The molecule has 26 heavy (non-hydrogen) atoms. The summed E-state index contributed by atoms with van der Waals surface area (Å²) in [5, 5.41) is 2.18. The number of imide groups is 2. The summed E-state index contributed by atoms with van der Waals surface area (Å²) in [7, 11) is 3.56. The predicted octanol–water partition coefficient (Wildman–Crippen LogP) is 2.21. The minimum absolute atomic E-state index is 0.115. The quantitative estimate of drug-likeness (QED) is 0.816. The lowest BCUT2D eigenvalue weighted by Gasteiger charge is -2.28. The van der Waals surface area contributed by atoms with Crippen LogP contribution in [0.2, 0.25) is 0 Å². The van der Waals surface area contributed by atoms with Crippen LogP contribution < -0.4 is 10.2 Å². The molecule has 1 N–H and O–H groups in total. The lowest BCUT2D eigenvalue weighted by molar-refractivity contribution is -0.136. The van der Waals surface area contributed by atoms with Crippen LogP contribution in [0.4, 0.5) is 5.69 Å². The molecule has 1 atom stereocenters. The van der Waals surface area contributed by atoms with E-state index in [2.05, 4.69) is 5.32 Å². The van der Waals surface area contributed by atoms with Crippen molar-refractivity contribution in [2.24, 2.45) is 0 Å². The predicted molar refractivity (Wildman–Crippen MR) is 100 cm³/mol. The smallest absolute Gasteiger partial charge is 0.264 e. The zero-order valence-corrected chi connectivity index (χ0v) is 16.3. The molecule has 1 aromatic carbocycles. The summed E-state index contributed by atoms with van der Waals surface area (Å²) in [5.41, 5.74) is 1.23. The molecular formula is C19H27N3O4. The Labute approximate surface area is 154 Å². The monoisotopic (exact) mass is 361 g/mol. The van der Waals surface area contributed by atoms with Crippen LogP contribution in [0, 0.1) is 0 Å². The van der Waals surface area contributed by atoms with E-state index in [1.807, 2.05) is 27.7 Å². The minimum atomic E-state index is -0.930. The van der Waals surface area contributed by atoms with Gasteiger partial charge in [0.15, 0.2) is 0 Å². The van der Waals surface area contributed by atoms with Gasteiger partial charge >= 0.3 is 0 Å². The van der Waals surface area contributed by atoms with Crippen molar-refractivity contribution < 1.29 is 19.2 Å². The van der Waals surface area contributed by atoms with Crippen LogP contribution in [0.15, 0.2) is 18.2 Å². The van der Waals surface area contributed by atoms with Gasteiger partial charge in [0.2, 0.25) is 11.8 Å². The number of benzene rings is 1. The summed E-state index contributed by atoms with van der Waals surface area (Å²) in [6.45, 7) is 8.00. The highest BCUT2D eigenvalue weighted by Gasteiger charge is 2.45. The van der Waals surface area contributed by atoms with Gasteiger partial charge in [0.1, 0.15) is 6.04 Å². The molecule has 1 fully saturated rings. The molecule has 7 nitrogen and oxygen atoms in total. The van der Waals surface area contributed by atoms with Gasteiger partial charge in [-0.2, -0.15) is 0 Å². The number of piperidine rings is 1. The third-order valence-corrected chi connectivity index (χ3v) is 3.93. The van der Waals surface area contributed by atoms with Gasteiger partial charge in [-0.15, -0.1) is 0 Å². The number of rotatable bonds is 2. The van der Waals surface area contributed by atoms with Gasteiger partial charge in [-0.25, -0.2) is 0 Å². The SMILES string of the molecule is CC.CC.CN(C)c1cccc2c1C(=O)N(C1CCC(=O)NC1=O)C2=O. The van der Waals surface area contributed by atoms with E-state index in [-0.39, 0.29) is 18.7 Å². The van der Waals surface area contributed by atoms with E-state index < -0.39 is 23.8 Å². The molecular weight excluding hydrogens is 334 g/mol. The highest BCUT2D eigenvalue weighted by molar-refractivity contribution is 6.25. The Morgan fingerprint density at radius 3 is 2.15 bits per heavy atom. The molecule has 1 unspecified atom stereocenters. The highest BCUT2D eigenvalue weighted by atomic mass is 16.2. The first kappa shape index (κ1) is 21.3. The van der Waals surface area contributed by atoms with Gasteiger partial charge in [-0.3, -0.25) is 29.4 Å². The number of fused-ring (bicyclic) bond motifs is 1. The largest absolute Gasteiger partial charge is 0.377 e. The van der Waals surface area contributed by atoms with Gasteiger partial charge in [-0.05, 0) is 18.6 Å². The first-order valence-electron chi connectivity index (χ1n) is 8.93. The maximum absolute atomic E-state index is 12.7. The summed E-state index contributed by atoms with van der Waals surface area (Å²) >= 11 is 0. The molecule has 2 aliphatic heterocycles. The molecule has 0 saturated carbocycles. The van der Waals surface area contributed by atoms with Crippen LogP contribution >= 0.6 is 0 Å². The fourth-order valence-corrected chi connectivity index (χ4v) is 2.87. The summed E-state index contributed by atoms with van der Waals surface area (Å²) in [6, 6.07) is 4.10. The zero-order chi connectivity index (χ0) is 20.0. The van der Waals surface area contributed by atoms with Crippen molar-refractivity contribution in [1.29, 1.82) is 0 Å². The van der Waals surface area contributed by atoms with Crippen LogP contribution in [0.1, 0.15) is 61.3 Å². The molecule has 1 aromatic rings. The maximum atomic E-state index is 12.7. The Morgan fingerprint density at radius 2 is 1.62 bits per heavy atom. The van der Waals surface area contributed by atoms with Crippen molar-refractivity contribution >= 4 is 29.3 Å². The summed E-state index contributed by atoms with van der Waals surface area (Å²) in [4.78, 5) is 51.1. The summed E-state index contributed by atoms with van der Waals surface area (Å²) < 4.78 is 0. The Morgan fingerprint density at radius 1 is 1.00 bits per heavy atom. The summed E-state index contributed by atoms with van der Waals surface area (Å²) in [6.07, 6.45) is 0.276. The van der Waals surface area contributed by atoms with E-state index in [0.717, 1.165) is 4.90 Å². The van der Waals surface area contributed by atoms with Crippen LogP contribution in [0.5, 0.6) is 0 Å². The molecule has 142 valence electrons. The van der Waals surface area contributed by atoms with Crippen molar-refractivity contribution in [2.45, 2.75) is 46.6 Å². The van der Waals surface area contributed by atoms with E-state index >= 15 is 0 Å². The average Bonchev–Trinajstić information content (AvgIpc) is 2.90. The molecule has 3 rings (SSSR count). The molecule has 0 radical (unpaired) electrons. The number of carbonyl (C=O) groups is 4. The zero-order valence-electron chi connectivity index (χ0n) is 16.3. The van der Waals surface area contributed by atoms with Gasteiger partial charge < -0.3 is 4.90 Å².